The van der Waals surface area contributed by atoms with Crippen molar-refractivity contribution in [2.45, 2.75) is 60.6 Å². The van der Waals surface area contributed by atoms with Crippen LogP contribution in [0.25, 0.3) is 0 Å². The topological polar surface area (TPSA) is 0 Å². The van der Waals surface area contributed by atoms with E-state index in [9.17, 15) is 0 Å². The van der Waals surface area contributed by atoms with Crippen LogP contribution in [0.2, 0.25) is 8.26 Å². The summed E-state index contributed by atoms with van der Waals surface area (Å²) in [4.78, 5) is 0. The Morgan fingerprint density at radius 1 is 0.727 bits per heavy atom. The minimum atomic E-state index is 0.0402. The van der Waals surface area contributed by atoms with E-state index in [1.54, 1.807) is 21.1 Å². The van der Waals surface area contributed by atoms with Crippen LogP contribution in [0.15, 0.2) is 0 Å². The van der Waals surface area contributed by atoms with E-state index >= 15 is 0 Å². The standard InChI is InChI=1S/2C5H11.Bi/c2*1-3-5-4-2;/h2*1,3-5H2,2H3;/q;;+1. The summed E-state index contributed by atoms with van der Waals surface area (Å²) in [5.74, 6) is 0. The van der Waals surface area contributed by atoms with Gasteiger partial charge in [-0.05, 0) is 0 Å². The van der Waals surface area contributed by atoms with Crippen LogP contribution in [-0.2, 0) is 0 Å². The van der Waals surface area contributed by atoms with E-state index in [-0.39, 0.29) is 23.2 Å². The van der Waals surface area contributed by atoms with Crippen molar-refractivity contribution in [3.8, 4) is 0 Å². The fraction of sp³-hybridized carbons (Fsp3) is 1.00. The summed E-state index contributed by atoms with van der Waals surface area (Å²) in [7, 11) is 0. The SMILES string of the molecule is CCCC[CH2][Bi+][CH2]CCCC. The van der Waals surface area contributed by atoms with Gasteiger partial charge in [0, 0.05) is 0 Å². The predicted molar refractivity (Wildman–Crippen MR) is 54.4 cm³/mol. The van der Waals surface area contributed by atoms with Crippen molar-refractivity contribution < 1.29 is 0 Å². The third kappa shape index (κ3) is 10.9. The van der Waals surface area contributed by atoms with Crippen molar-refractivity contribution in [3.63, 3.8) is 0 Å². The fourth-order valence-corrected chi connectivity index (χ4v) is 5.41. The van der Waals surface area contributed by atoms with Gasteiger partial charge in [-0.15, -0.1) is 0 Å². The van der Waals surface area contributed by atoms with Gasteiger partial charge in [0.05, 0.1) is 0 Å². The molecule has 0 nitrogen and oxygen atoms in total. The molecular formula is C10H22Bi+. The van der Waals surface area contributed by atoms with E-state index in [1.165, 1.54) is 25.7 Å². The Morgan fingerprint density at radius 2 is 1.18 bits per heavy atom. The number of hydrogen-bond acceptors (Lipinski definition) is 0. The Balaban J connectivity index is 2.69. The van der Waals surface area contributed by atoms with E-state index in [1.807, 2.05) is 0 Å². The van der Waals surface area contributed by atoms with E-state index < -0.39 is 0 Å². The second kappa shape index (κ2) is 10.9. The summed E-state index contributed by atoms with van der Waals surface area (Å²) in [6.45, 7) is 4.59. The number of unbranched alkanes of at least 4 members (excludes halogenated alkanes) is 4. The third-order valence-electron chi connectivity index (χ3n) is 1.84. The van der Waals surface area contributed by atoms with Crippen LogP contribution < -0.4 is 0 Å². The molecule has 0 aliphatic heterocycles. The van der Waals surface area contributed by atoms with Crippen LogP contribution in [0.4, 0.5) is 0 Å². The Kier molecular flexibility index (Phi) is 11.8. The number of hydrogen-bond donors (Lipinski definition) is 0. The van der Waals surface area contributed by atoms with Gasteiger partial charge in [0.2, 0.25) is 0 Å². The van der Waals surface area contributed by atoms with E-state index in [2.05, 4.69) is 13.8 Å². The van der Waals surface area contributed by atoms with Crippen molar-refractivity contribution in [1.29, 1.82) is 0 Å². The molecule has 0 rings (SSSR count). The van der Waals surface area contributed by atoms with Gasteiger partial charge in [0.25, 0.3) is 0 Å². The Hall–Kier alpha value is 0.883. The minimum absolute atomic E-state index is 0.0402. The molecule has 2 radical (unpaired) electrons. The van der Waals surface area contributed by atoms with Crippen LogP contribution in [0.1, 0.15) is 52.4 Å². The van der Waals surface area contributed by atoms with Gasteiger partial charge >= 0.3 is 83.9 Å². The Bertz CT molecular complexity index is 53.9. The van der Waals surface area contributed by atoms with Crippen molar-refractivity contribution in [2.75, 3.05) is 0 Å². The first-order valence-electron chi connectivity index (χ1n) is 5.05. The van der Waals surface area contributed by atoms with Gasteiger partial charge in [-0.2, -0.15) is 0 Å². The maximum atomic E-state index is 2.29. The normalized spacial score (nSPS) is 10.4. The molecule has 0 fully saturated rings. The van der Waals surface area contributed by atoms with Gasteiger partial charge in [-0.3, -0.25) is 0 Å². The van der Waals surface area contributed by atoms with Crippen LogP contribution >= 0.6 is 0 Å². The van der Waals surface area contributed by atoms with Crippen molar-refractivity contribution in [2.24, 2.45) is 0 Å². The van der Waals surface area contributed by atoms with Crippen molar-refractivity contribution in [1.82, 2.24) is 0 Å². The zero-order valence-corrected chi connectivity index (χ0v) is 11.6. The molecule has 0 saturated carbocycles. The third-order valence-corrected chi connectivity index (χ3v) is 6.76. The second-order valence-corrected chi connectivity index (χ2v) is 8.30. The quantitative estimate of drug-likeness (QED) is 0.460. The predicted octanol–water partition coefficient (Wildman–Crippen LogP) is 3.91. The summed E-state index contributed by atoms with van der Waals surface area (Å²) in [5.41, 5.74) is 0. The summed E-state index contributed by atoms with van der Waals surface area (Å²) in [6, 6.07) is 0. The zero-order chi connectivity index (χ0) is 8.36. The van der Waals surface area contributed by atoms with E-state index in [0.717, 1.165) is 0 Å². The van der Waals surface area contributed by atoms with Gasteiger partial charge < -0.3 is 0 Å². The molecule has 0 N–H and O–H groups in total. The Morgan fingerprint density at radius 3 is 1.55 bits per heavy atom. The molecule has 0 saturated heterocycles. The molecule has 0 aromatic carbocycles. The molecule has 0 aromatic rings. The first kappa shape index (κ1) is 11.9. The summed E-state index contributed by atoms with van der Waals surface area (Å²) < 4.78 is 3.30. The second-order valence-electron chi connectivity index (χ2n) is 3.09. The summed E-state index contributed by atoms with van der Waals surface area (Å²) in [6.07, 6.45) is 8.85. The fourth-order valence-electron chi connectivity index (χ4n) is 1.06. The van der Waals surface area contributed by atoms with Gasteiger partial charge in [0.1, 0.15) is 0 Å². The van der Waals surface area contributed by atoms with E-state index in [0.29, 0.717) is 0 Å². The molecule has 0 atom stereocenters. The van der Waals surface area contributed by atoms with Gasteiger partial charge in [0.15, 0.2) is 0 Å². The number of rotatable bonds is 8. The average molecular weight is 351 g/mol. The zero-order valence-electron chi connectivity index (χ0n) is 8.10. The molecule has 66 valence electrons. The van der Waals surface area contributed by atoms with Gasteiger partial charge in [-0.1, -0.05) is 0 Å². The molecule has 0 aliphatic rings. The first-order chi connectivity index (χ1) is 5.41. The summed E-state index contributed by atoms with van der Waals surface area (Å²) in [5, 5.41) is 0. The molecule has 0 unspecified atom stereocenters. The first-order valence-corrected chi connectivity index (χ1v) is 9.96. The molecule has 11 heavy (non-hydrogen) atoms. The van der Waals surface area contributed by atoms with Crippen LogP contribution in [0.3, 0.4) is 0 Å². The molecule has 0 heterocycles. The van der Waals surface area contributed by atoms with Gasteiger partial charge in [-0.25, -0.2) is 0 Å². The van der Waals surface area contributed by atoms with Crippen LogP contribution in [0, 0.1) is 0 Å². The van der Waals surface area contributed by atoms with Crippen molar-refractivity contribution >= 4 is 23.2 Å². The average Bonchev–Trinajstić information content (AvgIpc) is 2.03. The summed E-state index contributed by atoms with van der Waals surface area (Å²) >= 11 is 0.0402. The molecule has 0 aromatic heterocycles. The molecule has 1 heteroatoms. The van der Waals surface area contributed by atoms with Crippen LogP contribution in [0.5, 0.6) is 0 Å². The monoisotopic (exact) mass is 351 g/mol. The molecule has 0 spiro atoms. The van der Waals surface area contributed by atoms with E-state index in [4.69, 9.17) is 0 Å². The maximum absolute atomic E-state index is 2.29. The van der Waals surface area contributed by atoms with Crippen molar-refractivity contribution in [3.05, 3.63) is 0 Å². The molecule has 0 amide bonds. The Labute approximate surface area is 83.7 Å². The van der Waals surface area contributed by atoms with Crippen LogP contribution in [-0.4, -0.2) is 23.2 Å². The molecular weight excluding hydrogens is 329 g/mol. The molecule has 0 bridgehead atoms. The molecule has 0 aliphatic carbocycles.